The van der Waals surface area contributed by atoms with Crippen LogP contribution in [0.5, 0.6) is 0 Å². The molecule has 0 bridgehead atoms. The van der Waals surface area contributed by atoms with Crippen LogP contribution in [-0.4, -0.2) is 6.10 Å². The third-order valence-electron chi connectivity index (χ3n) is 3.84. The highest BCUT2D eigenvalue weighted by atomic mass is 31.2. The van der Waals surface area contributed by atoms with Crippen LogP contribution in [0.25, 0.3) is 0 Å². The zero-order valence-corrected chi connectivity index (χ0v) is 13.1. The van der Waals surface area contributed by atoms with Gasteiger partial charge in [-0.2, -0.15) is 8.60 Å². The maximum absolute atomic E-state index is 11.1. The lowest BCUT2D eigenvalue weighted by Gasteiger charge is -2.40. The Hall–Kier alpha value is -1.25. The molecule has 0 heterocycles. The van der Waals surface area contributed by atoms with E-state index in [0.29, 0.717) is 0 Å². The summed E-state index contributed by atoms with van der Waals surface area (Å²) in [5.41, 5.74) is 2.14. The Balaban J connectivity index is 2.26. The molecule has 4 heteroatoms. The van der Waals surface area contributed by atoms with E-state index < -0.39 is 14.7 Å². The molecule has 2 atom stereocenters. The van der Waals surface area contributed by atoms with Crippen molar-refractivity contribution >= 4 is 8.60 Å². The van der Waals surface area contributed by atoms with E-state index in [1.807, 2.05) is 74.5 Å². The van der Waals surface area contributed by atoms with Crippen molar-refractivity contribution in [2.75, 3.05) is 0 Å². The fourth-order valence-electron chi connectivity index (χ4n) is 2.61. The molecule has 0 fully saturated rings. The number of rotatable bonds is 6. The fourth-order valence-corrected chi connectivity index (χ4v) is 3.17. The topological polar surface area (TPSA) is 55.3 Å². The van der Waals surface area contributed by atoms with Crippen molar-refractivity contribution in [1.82, 2.24) is 0 Å². The maximum atomic E-state index is 11.1. The van der Waals surface area contributed by atoms with Gasteiger partial charge in [0.15, 0.2) is 0 Å². The van der Waals surface area contributed by atoms with Crippen LogP contribution in [0.1, 0.15) is 36.8 Å². The van der Waals surface area contributed by atoms with Crippen molar-refractivity contribution in [1.29, 1.82) is 0 Å². The number of hydrogen-bond donors (Lipinski definition) is 0. The Labute approximate surface area is 127 Å². The molecule has 3 nitrogen and oxygen atoms in total. The van der Waals surface area contributed by atoms with Gasteiger partial charge in [-0.25, -0.2) is 0 Å². The SMILES string of the molecule is CC(c1ccccc1)C(OP([O-])[O-])C(C)c1ccccc1. The van der Waals surface area contributed by atoms with Gasteiger partial charge in [-0.15, -0.1) is 0 Å². The molecule has 2 aromatic carbocycles. The lowest BCUT2D eigenvalue weighted by molar-refractivity contribution is -0.322. The molecule has 2 rings (SSSR count). The third kappa shape index (κ3) is 4.36. The molecular formula is C17H19O3P-2. The molecule has 112 valence electrons. The molecule has 0 amide bonds. The van der Waals surface area contributed by atoms with Crippen molar-refractivity contribution < 1.29 is 14.3 Å². The smallest absolute Gasteiger partial charge is 0.0716 e. The van der Waals surface area contributed by atoms with Crippen LogP contribution in [0.3, 0.4) is 0 Å². The molecule has 2 aromatic rings. The summed E-state index contributed by atoms with van der Waals surface area (Å²) in [6.45, 7) is 4.00. The fraction of sp³-hybridized carbons (Fsp3) is 0.294. The first-order chi connectivity index (χ1) is 10.1. The Morgan fingerprint density at radius 1 is 0.762 bits per heavy atom. The number of benzene rings is 2. The summed E-state index contributed by atoms with van der Waals surface area (Å²) in [4.78, 5) is 22.2. The molecule has 0 aromatic heterocycles. The van der Waals surface area contributed by atoms with Gasteiger partial charge in [0.25, 0.3) is 0 Å². The van der Waals surface area contributed by atoms with Crippen LogP contribution in [0.4, 0.5) is 0 Å². The predicted octanol–water partition coefficient (Wildman–Crippen LogP) is 2.93. The summed E-state index contributed by atoms with van der Waals surface area (Å²) >= 11 is 0. The van der Waals surface area contributed by atoms with Crippen LogP contribution in [-0.2, 0) is 4.52 Å². The lowest BCUT2D eigenvalue weighted by atomic mass is 9.84. The zero-order valence-electron chi connectivity index (χ0n) is 12.2. The Morgan fingerprint density at radius 2 is 1.14 bits per heavy atom. The Morgan fingerprint density at radius 3 is 1.48 bits per heavy atom. The second-order valence-corrected chi connectivity index (χ2v) is 5.85. The van der Waals surface area contributed by atoms with E-state index in [2.05, 4.69) is 0 Å². The van der Waals surface area contributed by atoms with Gasteiger partial charge in [-0.3, -0.25) is 0 Å². The molecule has 0 radical (unpaired) electrons. The van der Waals surface area contributed by atoms with Crippen LogP contribution in [0, 0.1) is 0 Å². The van der Waals surface area contributed by atoms with Crippen molar-refractivity contribution in [3.63, 3.8) is 0 Å². The highest BCUT2D eigenvalue weighted by molar-refractivity contribution is 7.36. The summed E-state index contributed by atoms with van der Waals surface area (Å²) in [6.07, 6.45) is -0.420. The minimum atomic E-state index is -2.89. The summed E-state index contributed by atoms with van der Waals surface area (Å²) in [5.74, 6) is -0.0383. The highest BCUT2D eigenvalue weighted by Gasteiger charge is 2.26. The van der Waals surface area contributed by atoms with Crippen LogP contribution in [0.15, 0.2) is 60.7 Å². The quantitative estimate of drug-likeness (QED) is 0.771. The lowest BCUT2D eigenvalue weighted by Crippen LogP contribution is -2.28. The van der Waals surface area contributed by atoms with Gasteiger partial charge in [-0.1, -0.05) is 74.5 Å². The first-order valence-corrected chi connectivity index (χ1v) is 8.10. The second-order valence-electron chi connectivity index (χ2n) is 5.19. The summed E-state index contributed by atoms with van der Waals surface area (Å²) in [7, 11) is -2.89. The standard InChI is InChI=1S/C17H19O3P/c1-13(15-9-5-3-6-10-15)17(20-21(18)19)14(2)16-11-7-4-8-12-16/h3-14,17H,1-2H3/q-2. The van der Waals surface area contributed by atoms with Gasteiger partial charge >= 0.3 is 0 Å². The van der Waals surface area contributed by atoms with Gasteiger partial charge in [-0.05, 0) is 11.1 Å². The largest absolute Gasteiger partial charge is 0.820 e. The van der Waals surface area contributed by atoms with Crippen molar-refractivity contribution in [2.24, 2.45) is 0 Å². The minimum absolute atomic E-state index is 0.0192. The summed E-state index contributed by atoms with van der Waals surface area (Å²) < 4.78 is 5.24. The van der Waals surface area contributed by atoms with Crippen LogP contribution >= 0.6 is 8.60 Å². The van der Waals surface area contributed by atoms with E-state index in [4.69, 9.17) is 4.52 Å². The van der Waals surface area contributed by atoms with Crippen LogP contribution in [0.2, 0.25) is 0 Å². The zero-order chi connectivity index (χ0) is 15.2. The van der Waals surface area contributed by atoms with Crippen LogP contribution < -0.4 is 9.79 Å². The second kappa shape index (κ2) is 7.67. The molecule has 0 aliphatic rings. The Bertz CT molecular complexity index is 485. The molecule has 0 N–H and O–H groups in total. The van der Waals surface area contributed by atoms with Gasteiger partial charge in [0.2, 0.25) is 0 Å². The molecule has 0 spiro atoms. The maximum Gasteiger partial charge on any atom is 0.0716 e. The van der Waals surface area contributed by atoms with Crippen molar-refractivity contribution in [3.05, 3.63) is 71.8 Å². The van der Waals surface area contributed by atoms with E-state index in [-0.39, 0.29) is 11.8 Å². The molecule has 0 aliphatic carbocycles. The summed E-state index contributed by atoms with van der Waals surface area (Å²) in [6, 6.07) is 19.7. The average molecular weight is 302 g/mol. The highest BCUT2D eigenvalue weighted by Crippen LogP contribution is 2.37. The molecule has 21 heavy (non-hydrogen) atoms. The first kappa shape index (κ1) is 16.1. The van der Waals surface area contributed by atoms with Gasteiger partial charge in [0.05, 0.1) is 6.10 Å². The van der Waals surface area contributed by atoms with Gasteiger partial charge in [0.1, 0.15) is 0 Å². The van der Waals surface area contributed by atoms with E-state index in [1.54, 1.807) is 0 Å². The minimum Gasteiger partial charge on any atom is -0.820 e. The molecule has 0 aliphatic heterocycles. The number of hydrogen-bond acceptors (Lipinski definition) is 3. The van der Waals surface area contributed by atoms with E-state index in [1.165, 1.54) is 0 Å². The van der Waals surface area contributed by atoms with Crippen molar-refractivity contribution in [3.8, 4) is 0 Å². The monoisotopic (exact) mass is 302 g/mol. The van der Waals surface area contributed by atoms with E-state index >= 15 is 0 Å². The Kier molecular flexibility index (Phi) is 5.89. The first-order valence-electron chi connectivity index (χ1n) is 7.00. The molecule has 2 unspecified atom stereocenters. The molecule has 0 saturated heterocycles. The van der Waals surface area contributed by atoms with E-state index in [9.17, 15) is 9.79 Å². The third-order valence-corrected chi connectivity index (χ3v) is 4.26. The normalized spacial score (nSPS) is 15.7. The van der Waals surface area contributed by atoms with Gasteiger partial charge < -0.3 is 14.3 Å². The summed E-state index contributed by atoms with van der Waals surface area (Å²) in [5, 5.41) is 0. The van der Waals surface area contributed by atoms with Gasteiger partial charge in [0, 0.05) is 11.8 Å². The predicted molar refractivity (Wildman–Crippen MR) is 81.5 cm³/mol. The van der Waals surface area contributed by atoms with Crippen molar-refractivity contribution in [2.45, 2.75) is 31.8 Å². The average Bonchev–Trinajstić information content (AvgIpc) is 2.53. The van der Waals surface area contributed by atoms with E-state index in [0.717, 1.165) is 11.1 Å². The molecular weight excluding hydrogens is 283 g/mol. The molecule has 0 saturated carbocycles.